The largest absolute Gasteiger partial charge is 0.493 e. The van der Waals surface area contributed by atoms with E-state index >= 15 is 0 Å². The Bertz CT molecular complexity index is 1040. The van der Waals surface area contributed by atoms with Crippen molar-refractivity contribution in [1.82, 2.24) is 4.90 Å². The molecular formula is C23H24ClNO6S. The van der Waals surface area contributed by atoms with Gasteiger partial charge in [-0.15, -0.1) is 0 Å². The van der Waals surface area contributed by atoms with Crippen LogP contribution < -0.4 is 18.9 Å². The van der Waals surface area contributed by atoms with Gasteiger partial charge in [0.25, 0.3) is 11.1 Å². The van der Waals surface area contributed by atoms with Crippen molar-refractivity contribution < 1.29 is 28.5 Å². The normalized spacial score (nSPS) is 14.9. The number of halogens is 1. The van der Waals surface area contributed by atoms with Gasteiger partial charge in [-0.05, 0) is 61.5 Å². The highest BCUT2D eigenvalue weighted by Crippen LogP contribution is 2.39. The molecule has 1 aliphatic rings. The number of imide groups is 1. The van der Waals surface area contributed by atoms with Crippen LogP contribution in [0.1, 0.15) is 19.4 Å². The number of rotatable bonds is 9. The molecule has 1 saturated heterocycles. The average Bonchev–Trinajstić information content (AvgIpc) is 3.02. The summed E-state index contributed by atoms with van der Waals surface area (Å²) in [5.41, 5.74) is 0.624. The summed E-state index contributed by atoms with van der Waals surface area (Å²) in [5.74, 6) is 1.62. The van der Waals surface area contributed by atoms with E-state index in [0.29, 0.717) is 38.5 Å². The van der Waals surface area contributed by atoms with Gasteiger partial charge in [0.1, 0.15) is 6.61 Å². The molecule has 2 amide bonds. The van der Waals surface area contributed by atoms with E-state index in [4.69, 9.17) is 30.5 Å². The van der Waals surface area contributed by atoms with Crippen molar-refractivity contribution in [3.8, 4) is 23.0 Å². The first-order chi connectivity index (χ1) is 15.3. The summed E-state index contributed by atoms with van der Waals surface area (Å²) >= 11 is 7.23. The van der Waals surface area contributed by atoms with Crippen LogP contribution in [0.15, 0.2) is 41.3 Å². The van der Waals surface area contributed by atoms with Crippen LogP contribution in [0, 0.1) is 0 Å². The maximum absolute atomic E-state index is 12.8. The molecule has 7 nitrogen and oxygen atoms in total. The summed E-state index contributed by atoms with van der Waals surface area (Å²) < 4.78 is 22.0. The van der Waals surface area contributed by atoms with Gasteiger partial charge in [-0.2, -0.15) is 0 Å². The van der Waals surface area contributed by atoms with Gasteiger partial charge in [0.2, 0.25) is 0 Å². The lowest BCUT2D eigenvalue weighted by Crippen LogP contribution is -2.32. The molecular weight excluding hydrogens is 454 g/mol. The third-order valence-corrected chi connectivity index (χ3v) is 5.61. The van der Waals surface area contributed by atoms with Gasteiger partial charge in [0, 0.05) is 0 Å². The van der Waals surface area contributed by atoms with Gasteiger partial charge in [-0.25, -0.2) is 0 Å². The van der Waals surface area contributed by atoms with Crippen molar-refractivity contribution in [2.75, 3.05) is 27.4 Å². The minimum Gasteiger partial charge on any atom is -0.493 e. The van der Waals surface area contributed by atoms with Gasteiger partial charge < -0.3 is 18.9 Å². The number of carbonyl (C=O) groups excluding carboxylic acids is 2. The van der Waals surface area contributed by atoms with E-state index in [1.165, 1.54) is 7.11 Å². The molecule has 0 spiro atoms. The van der Waals surface area contributed by atoms with Crippen molar-refractivity contribution in [2.24, 2.45) is 0 Å². The van der Waals surface area contributed by atoms with Crippen molar-refractivity contribution in [2.45, 2.75) is 20.0 Å². The number of ether oxygens (including phenoxy) is 4. The Morgan fingerprint density at radius 1 is 1.06 bits per heavy atom. The zero-order valence-corrected chi connectivity index (χ0v) is 19.8. The predicted octanol–water partition coefficient (Wildman–Crippen LogP) is 5.26. The molecule has 3 rings (SSSR count). The molecule has 1 aliphatic heterocycles. The molecule has 0 atom stereocenters. The molecule has 1 heterocycles. The second-order valence-electron chi connectivity index (χ2n) is 7.03. The zero-order chi connectivity index (χ0) is 23.3. The first kappa shape index (κ1) is 23.8. The standard InChI is InChI=1S/C23H24ClNO6S/c1-14(2)31-21-16(24)11-15(12-19(21)29-4)13-20-22(26)25(23(27)32-20)9-10-30-18-8-6-5-7-17(18)28-3/h5-8,11-14H,9-10H2,1-4H3/b20-13-. The number of para-hydroxylation sites is 2. The minimum absolute atomic E-state index is 0.0816. The number of nitrogens with zero attached hydrogens (tertiary/aromatic N) is 1. The van der Waals surface area contributed by atoms with E-state index < -0.39 is 0 Å². The Labute approximate surface area is 196 Å². The number of methoxy groups -OCH3 is 2. The van der Waals surface area contributed by atoms with Gasteiger partial charge in [-0.1, -0.05) is 23.7 Å². The van der Waals surface area contributed by atoms with Crippen LogP contribution in [0.5, 0.6) is 23.0 Å². The Morgan fingerprint density at radius 2 is 1.75 bits per heavy atom. The molecule has 32 heavy (non-hydrogen) atoms. The van der Waals surface area contributed by atoms with Gasteiger partial charge in [0.05, 0.1) is 36.8 Å². The average molecular weight is 478 g/mol. The molecule has 0 saturated carbocycles. The Balaban J connectivity index is 1.72. The number of hydrogen-bond acceptors (Lipinski definition) is 7. The Morgan fingerprint density at radius 3 is 2.41 bits per heavy atom. The summed E-state index contributed by atoms with van der Waals surface area (Å²) in [6.07, 6.45) is 1.53. The molecule has 9 heteroatoms. The maximum atomic E-state index is 12.8. The molecule has 0 radical (unpaired) electrons. The first-order valence-corrected chi connectivity index (χ1v) is 11.1. The van der Waals surface area contributed by atoms with Crippen LogP contribution >= 0.6 is 23.4 Å². The quantitative estimate of drug-likeness (QED) is 0.456. The second-order valence-corrected chi connectivity index (χ2v) is 8.43. The lowest BCUT2D eigenvalue weighted by molar-refractivity contribution is -0.123. The monoisotopic (exact) mass is 477 g/mol. The van der Waals surface area contributed by atoms with Crippen LogP contribution in [-0.4, -0.2) is 49.5 Å². The SMILES string of the molecule is COc1ccccc1OCCN1C(=O)S/C(=C\c2cc(Cl)c(OC(C)C)c(OC)c2)C1=O. The van der Waals surface area contributed by atoms with Crippen LogP contribution in [-0.2, 0) is 4.79 Å². The fourth-order valence-electron chi connectivity index (χ4n) is 3.00. The third-order valence-electron chi connectivity index (χ3n) is 4.42. The van der Waals surface area contributed by atoms with E-state index in [-0.39, 0.29) is 30.4 Å². The van der Waals surface area contributed by atoms with Gasteiger partial charge >= 0.3 is 0 Å². The van der Waals surface area contributed by atoms with Crippen LogP contribution in [0.4, 0.5) is 4.79 Å². The van der Waals surface area contributed by atoms with E-state index in [1.54, 1.807) is 37.5 Å². The Kier molecular flexibility index (Phi) is 7.93. The van der Waals surface area contributed by atoms with E-state index in [9.17, 15) is 9.59 Å². The first-order valence-electron chi connectivity index (χ1n) is 9.89. The Hall–Kier alpha value is -2.84. The molecule has 0 unspecified atom stereocenters. The molecule has 1 fully saturated rings. The lowest BCUT2D eigenvalue weighted by Gasteiger charge is -2.16. The highest BCUT2D eigenvalue weighted by molar-refractivity contribution is 8.18. The summed E-state index contributed by atoms with van der Waals surface area (Å²) in [6.45, 7) is 4.03. The third kappa shape index (κ3) is 5.49. The number of amides is 2. The van der Waals surface area contributed by atoms with Crippen molar-refractivity contribution >= 4 is 40.6 Å². The number of thioether (sulfide) groups is 1. The fraction of sp³-hybridized carbons (Fsp3) is 0.304. The highest BCUT2D eigenvalue weighted by atomic mass is 35.5. The predicted molar refractivity (Wildman–Crippen MR) is 125 cm³/mol. The molecule has 0 aromatic heterocycles. The van der Waals surface area contributed by atoms with Gasteiger partial charge in [0.15, 0.2) is 23.0 Å². The van der Waals surface area contributed by atoms with E-state index in [2.05, 4.69) is 0 Å². The maximum Gasteiger partial charge on any atom is 0.293 e. The van der Waals surface area contributed by atoms with Crippen LogP contribution in [0.2, 0.25) is 5.02 Å². The van der Waals surface area contributed by atoms with Crippen molar-refractivity contribution in [3.05, 3.63) is 51.9 Å². The topological polar surface area (TPSA) is 74.3 Å². The van der Waals surface area contributed by atoms with Crippen molar-refractivity contribution in [3.63, 3.8) is 0 Å². The molecule has 2 aromatic carbocycles. The highest BCUT2D eigenvalue weighted by Gasteiger charge is 2.35. The molecule has 0 aliphatic carbocycles. The smallest absolute Gasteiger partial charge is 0.293 e. The summed E-state index contributed by atoms with van der Waals surface area (Å²) in [4.78, 5) is 26.6. The summed E-state index contributed by atoms with van der Waals surface area (Å²) in [5, 5.41) is -0.00330. The number of benzene rings is 2. The van der Waals surface area contributed by atoms with Gasteiger partial charge in [-0.3, -0.25) is 14.5 Å². The van der Waals surface area contributed by atoms with Crippen molar-refractivity contribution in [1.29, 1.82) is 0 Å². The van der Waals surface area contributed by atoms with E-state index in [0.717, 1.165) is 16.7 Å². The number of hydrogen-bond donors (Lipinski definition) is 0. The van der Waals surface area contributed by atoms with Crippen LogP contribution in [0.3, 0.4) is 0 Å². The van der Waals surface area contributed by atoms with Crippen LogP contribution in [0.25, 0.3) is 6.08 Å². The molecule has 0 bridgehead atoms. The second kappa shape index (κ2) is 10.7. The lowest BCUT2D eigenvalue weighted by atomic mass is 10.1. The minimum atomic E-state index is -0.388. The number of carbonyl (C=O) groups is 2. The molecule has 0 N–H and O–H groups in total. The summed E-state index contributed by atoms with van der Waals surface area (Å²) in [6, 6.07) is 10.6. The molecule has 170 valence electrons. The van der Waals surface area contributed by atoms with E-state index in [1.807, 2.05) is 26.0 Å². The zero-order valence-electron chi connectivity index (χ0n) is 18.2. The summed E-state index contributed by atoms with van der Waals surface area (Å²) in [7, 11) is 3.06. The fourth-order valence-corrected chi connectivity index (χ4v) is 4.13. The molecule has 2 aromatic rings.